The molecule has 0 bridgehead atoms. The number of carbonyl (C=O) groups excluding carboxylic acids is 1. The molecule has 1 amide bonds. The maximum absolute atomic E-state index is 12.8. The van der Waals surface area contributed by atoms with Crippen LogP contribution in [0.2, 0.25) is 10.0 Å². The summed E-state index contributed by atoms with van der Waals surface area (Å²) in [5.41, 5.74) is 0.622. The number of halogens is 2. The Hall–Kier alpha value is -1.96. The van der Waals surface area contributed by atoms with Crippen molar-refractivity contribution < 1.29 is 17.9 Å². The highest BCUT2D eigenvalue weighted by atomic mass is 35.5. The van der Waals surface area contributed by atoms with Crippen molar-refractivity contribution in [1.29, 1.82) is 0 Å². The molecule has 0 aliphatic rings. The van der Waals surface area contributed by atoms with Crippen LogP contribution in [0, 0.1) is 0 Å². The molecule has 1 atom stereocenters. The van der Waals surface area contributed by atoms with Crippen molar-refractivity contribution in [2.24, 2.45) is 0 Å². The van der Waals surface area contributed by atoms with Crippen LogP contribution in [0.15, 0.2) is 42.5 Å². The van der Waals surface area contributed by atoms with E-state index in [2.05, 4.69) is 5.32 Å². The summed E-state index contributed by atoms with van der Waals surface area (Å²) in [7, 11) is -3.81. The number of rotatable bonds is 7. The molecule has 0 radical (unpaired) electrons. The zero-order valence-electron chi connectivity index (χ0n) is 15.9. The highest BCUT2D eigenvalue weighted by molar-refractivity contribution is 7.92. The monoisotopic (exact) mass is 444 g/mol. The first-order valence-corrected chi connectivity index (χ1v) is 11.1. The topological polar surface area (TPSA) is 75.7 Å². The summed E-state index contributed by atoms with van der Waals surface area (Å²) in [6, 6.07) is 10.2. The Morgan fingerprint density at radius 1 is 1.11 bits per heavy atom. The van der Waals surface area contributed by atoms with E-state index >= 15 is 0 Å². The van der Waals surface area contributed by atoms with Crippen LogP contribution in [0.1, 0.15) is 20.8 Å². The first-order chi connectivity index (χ1) is 13.0. The van der Waals surface area contributed by atoms with Gasteiger partial charge in [-0.2, -0.15) is 0 Å². The summed E-state index contributed by atoms with van der Waals surface area (Å²) in [6.07, 6.45) is 0.987. The van der Waals surface area contributed by atoms with Gasteiger partial charge in [0.25, 0.3) is 0 Å². The van der Waals surface area contributed by atoms with E-state index in [1.165, 1.54) is 19.1 Å². The quantitative estimate of drug-likeness (QED) is 0.677. The lowest BCUT2D eigenvalue weighted by molar-refractivity contribution is -0.116. The summed E-state index contributed by atoms with van der Waals surface area (Å²) < 4.78 is 31.3. The molecule has 0 fully saturated rings. The van der Waals surface area contributed by atoms with Crippen molar-refractivity contribution in [1.82, 2.24) is 0 Å². The summed E-state index contributed by atoms with van der Waals surface area (Å²) >= 11 is 12.2. The molecule has 1 N–H and O–H groups in total. The molecule has 0 heterocycles. The number of nitrogens with one attached hydrogen (secondary N) is 1. The maximum Gasteiger partial charge on any atom is 0.247 e. The van der Waals surface area contributed by atoms with Gasteiger partial charge in [0.2, 0.25) is 15.9 Å². The molecule has 0 aliphatic heterocycles. The fraction of sp³-hybridized carbons (Fsp3) is 0.316. The SMILES string of the molecule is CC(C)Oc1cccc(NC(=O)[C@@H](C)N(c2cc(Cl)ccc2Cl)S(C)(=O)=O)c1. The Morgan fingerprint density at radius 3 is 2.39 bits per heavy atom. The number of benzene rings is 2. The van der Waals surface area contributed by atoms with Crippen LogP contribution >= 0.6 is 23.2 Å². The molecular formula is C19H22Cl2N2O4S. The van der Waals surface area contributed by atoms with Gasteiger partial charge in [0.05, 0.1) is 23.1 Å². The minimum atomic E-state index is -3.81. The van der Waals surface area contributed by atoms with E-state index in [0.717, 1.165) is 10.6 Å². The third kappa shape index (κ3) is 5.77. The molecule has 6 nitrogen and oxygen atoms in total. The fourth-order valence-corrected chi connectivity index (χ4v) is 4.21. The predicted molar refractivity (Wildman–Crippen MR) is 114 cm³/mol. The smallest absolute Gasteiger partial charge is 0.247 e. The van der Waals surface area contributed by atoms with E-state index < -0.39 is 22.0 Å². The van der Waals surface area contributed by atoms with Crippen molar-refractivity contribution >= 4 is 50.5 Å². The van der Waals surface area contributed by atoms with E-state index in [-0.39, 0.29) is 16.8 Å². The van der Waals surface area contributed by atoms with Gasteiger partial charge in [0.15, 0.2) is 0 Å². The molecule has 2 rings (SSSR count). The summed E-state index contributed by atoms with van der Waals surface area (Å²) in [6.45, 7) is 5.26. The molecule has 2 aromatic rings. The van der Waals surface area contributed by atoms with Gasteiger partial charge in [-0.1, -0.05) is 29.3 Å². The second kappa shape index (κ2) is 9.03. The molecule has 0 saturated carbocycles. The molecule has 28 heavy (non-hydrogen) atoms. The highest BCUT2D eigenvalue weighted by Gasteiger charge is 2.31. The lowest BCUT2D eigenvalue weighted by atomic mass is 10.2. The number of amides is 1. The van der Waals surface area contributed by atoms with Crippen molar-refractivity contribution in [2.75, 3.05) is 15.9 Å². The average molecular weight is 445 g/mol. The predicted octanol–water partition coefficient (Wildman–Crippen LogP) is 4.57. The number of hydrogen-bond acceptors (Lipinski definition) is 4. The van der Waals surface area contributed by atoms with Crippen LogP contribution < -0.4 is 14.4 Å². The van der Waals surface area contributed by atoms with E-state index in [1.807, 2.05) is 13.8 Å². The van der Waals surface area contributed by atoms with Gasteiger partial charge >= 0.3 is 0 Å². The van der Waals surface area contributed by atoms with Crippen LogP contribution in [0.5, 0.6) is 5.75 Å². The van der Waals surface area contributed by atoms with Crippen molar-refractivity contribution in [3.63, 3.8) is 0 Å². The molecule has 0 saturated heterocycles. The number of sulfonamides is 1. The Labute approximate surface area is 175 Å². The van der Waals surface area contributed by atoms with Gasteiger partial charge < -0.3 is 10.1 Å². The van der Waals surface area contributed by atoms with Crippen LogP contribution in [0.3, 0.4) is 0 Å². The summed E-state index contributed by atoms with van der Waals surface area (Å²) in [5, 5.41) is 3.18. The normalized spacial score (nSPS) is 12.5. The number of anilines is 2. The Bertz CT molecular complexity index is 964. The number of nitrogens with zero attached hydrogens (tertiary/aromatic N) is 1. The number of carbonyl (C=O) groups is 1. The van der Waals surface area contributed by atoms with Crippen LogP contribution in [-0.2, 0) is 14.8 Å². The Morgan fingerprint density at radius 2 is 1.79 bits per heavy atom. The van der Waals surface area contributed by atoms with E-state index in [1.54, 1.807) is 30.3 Å². The zero-order chi connectivity index (χ0) is 21.1. The molecule has 152 valence electrons. The first-order valence-electron chi connectivity index (χ1n) is 8.51. The number of ether oxygens (including phenoxy) is 1. The molecule has 9 heteroatoms. The van der Waals surface area contributed by atoms with Crippen molar-refractivity contribution in [3.05, 3.63) is 52.5 Å². The second-order valence-electron chi connectivity index (χ2n) is 6.51. The lowest BCUT2D eigenvalue weighted by Gasteiger charge is -2.29. The van der Waals surface area contributed by atoms with Crippen LogP contribution in [-0.4, -0.2) is 32.7 Å². The molecule has 2 aromatic carbocycles. The highest BCUT2D eigenvalue weighted by Crippen LogP contribution is 2.32. The van der Waals surface area contributed by atoms with E-state index in [9.17, 15) is 13.2 Å². The van der Waals surface area contributed by atoms with Gasteiger partial charge in [0, 0.05) is 16.8 Å². The summed E-state index contributed by atoms with van der Waals surface area (Å²) in [5.74, 6) is 0.0708. The lowest BCUT2D eigenvalue weighted by Crippen LogP contribution is -2.45. The second-order valence-corrected chi connectivity index (χ2v) is 9.22. The largest absolute Gasteiger partial charge is 0.491 e. The third-order valence-corrected chi connectivity index (χ3v) is 5.49. The van der Waals surface area contributed by atoms with Crippen LogP contribution in [0.25, 0.3) is 0 Å². The third-order valence-electron chi connectivity index (χ3n) is 3.71. The minimum absolute atomic E-state index is 0.0180. The maximum atomic E-state index is 12.8. The standard InChI is InChI=1S/C19H22Cl2N2O4S/c1-12(2)27-16-7-5-6-15(11-16)22-19(24)13(3)23(28(4,25)26)18-10-14(20)8-9-17(18)21/h5-13H,1-4H3,(H,22,24)/t13-/m1/s1. The van der Waals surface area contributed by atoms with Gasteiger partial charge in [-0.05, 0) is 51.1 Å². The van der Waals surface area contributed by atoms with Crippen LogP contribution in [0.4, 0.5) is 11.4 Å². The molecule has 0 unspecified atom stereocenters. The minimum Gasteiger partial charge on any atom is -0.491 e. The van der Waals surface area contributed by atoms with Gasteiger partial charge in [-0.3, -0.25) is 9.10 Å². The number of hydrogen-bond donors (Lipinski definition) is 1. The van der Waals surface area contributed by atoms with Gasteiger partial charge in [-0.15, -0.1) is 0 Å². The molecule has 0 aliphatic carbocycles. The van der Waals surface area contributed by atoms with Crippen molar-refractivity contribution in [3.8, 4) is 5.75 Å². The average Bonchev–Trinajstić information content (AvgIpc) is 2.56. The van der Waals surface area contributed by atoms with E-state index in [4.69, 9.17) is 27.9 Å². The fourth-order valence-electron chi connectivity index (χ4n) is 2.60. The molecule has 0 aromatic heterocycles. The first kappa shape index (κ1) is 22.3. The molecular weight excluding hydrogens is 423 g/mol. The van der Waals surface area contributed by atoms with Gasteiger partial charge in [0.1, 0.15) is 11.8 Å². The summed E-state index contributed by atoms with van der Waals surface area (Å²) in [4.78, 5) is 12.8. The van der Waals surface area contributed by atoms with Crippen molar-refractivity contribution in [2.45, 2.75) is 32.9 Å². The van der Waals surface area contributed by atoms with Gasteiger partial charge in [-0.25, -0.2) is 8.42 Å². The zero-order valence-corrected chi connectivity index (χ0v) is 18.3. The molecule has 0 spiro atoms. The van der Waals surface area contributed by atoms with E-state index in [0.29, 0.717) is 16.5 Å². The Balaban J connectivity index is 2.31. The Kier molecular flexibility index (Phi) is 7.20.